The summed E-state index contributed by atoms with van der Waals surface area (Å²) in [5.74, 6) is 0.231. The molecule has 1 aromatic heterocycles. The molecule has 37 heavy (non-hydrogen) atoms. The van der Waals surface area contributed by atoms with Crippen molar-refractivity contribution >= 4 is 10.9 Å². The molecule has 1 N–H and O–H groups in total. The Morgan fingerprint density at radius 2 is 1.49 bits per heavy atom. The first kappa shape index (κ1) is 26.2. The van der Waals surface area contributed by atoms with Gasteiger partial charge in [-0.1, -0.05) is 54.6 Å². The highest BCUT2D eigenvalue weighted by Gasteiger charge is 2.71. The number of aliphatic hydroxyl groups is 1. The summed E-state index contributed by atoms with van der Waals surface area (Å²) >= 11 is 0. The third kappa shape index (κ3) is 4.76. The van der Waals surface area contributed by atoms with Crippen LogP contribution in [0.25, 0.3) is 16.6 Å². The average molecular weight is 518 g/mol. The fraction of sp³-hybridized carbons (Fsp3) is 0.185. The van der Waals surface area contributed by atoms with Crippen molar-refractivity contribution in [2.24, 2.45) is 0 Å². The molecule has 0 saturated heterocycles. The minimum atomic E-state index is -6.02. The minimum Gasteiger partial charge on any atom is -0.369 e. The summed E-state index contributed by atoms with van der Waals surface area (Å²) < 4.78 is 81.0. The second-order valence-corrected chi connectivity index (χ2v) is 8.43. The lowest BCUT2D eigenvalue weighted by Crippen LogP contribution is -2.53. The highest BCUT2D eigenvalue weighted by molar-refractivity contribution is 5.79. The quantitative estimate of drug-likeness (QED) is 0.251. The Morgan fingerprint density at radius 1 is 0.865 bits per heavy atom. The van der Waals surface area contributed by atoms with Gasteiger partial charge >= 0.3 is 12.4 Å². The Balaban J connectivity index is 1.92. The first-order chi connectivity index (χ1) is 17.4. The maximum Gasteiger partial charge on any atom is 0.430 e. The summed E-state index contributed by atoms with van der Waals surface area (Å²) in [4.78, 5) is 18.2. The molecule has 3 aromatic carbocycles. The van der Waals surface area contributed by atoms with Crippen LogP contribution in [0, 0.1) is 0 Å². The number of halogens is 6. The van der Waals surface area contributed by atoms with Crippen molar-refractivity contribution in [1.29, 1.82) is 0 Å². The van der Waals surface area contributed by atoms with Crippen molar-refractivity contribution in [3.63, 3.8) is 0 Å². The molecular weight excluding hydrogens is 498 g/mol. The SMILES string of the molecule is C=CCc1ccc2nc(Cc3ccccc3)n(-c3ccc(C(O)(C(F)(F)F)C(F)(F)F)cc3)c(=O)c2c1. The molecule has 0 aliphatic carbocycles. The molecule has 0 aliphatic heterocycles. The zero-order valence-corrected chi connectivity index (χ0v) is 19.1. The van der Waals surface area contributed by atoms with Crippen LogP contribution < -0.4 is 5.56 Å². The molecule has 10 heteroatoms. The van der Waals surface area contributed by atoms with Crippen LogP contribution in [-0.4, -0.2) is 27.0 Å². The molecule has 0 unspecified atom stereocenters. The van der Waals surface area contributed by atoms with Crippen LogP contribution >= 0.6 is 0 Å². The van der Waals surface area contributed by atoms with Crippen molar-refractivity contribution < 1.29 is 31.4 Å². The molecule has 0 bridgehead atoms. The molecule has 0 amide bonds. The van der Waals surface area contributed by atoms with Gasteiger partial charge in [0, 0.05) is 12.0 Å². The topological polar surface area (TPSA) is 55.1 Å². The maximum absolute atomic E-state index is 13.6. The fourth-order valence-electron chi connectivity index (χ4n) is 4.08. The van der Waals surface area contributed by atoms with Crippen LogP contribution in [0.1, 0.15) is 22.5 Å². The Kier molecular flexibility index (Phi) is 6.72. The number of aromatic nitrogens is 2. The van der Waals surface area contributed by atoms with Gasteiger partial charge < -0.3 is 5.11 Å². The Labute approximate surface area is 207 Å². The first-order valence-corrected chi connectivity index (χ1v) is 11.0. The second-order valence-electron chi connectivity index (χ2n) is 8.43. The predicted molar refractivity (Wildman–Crippen MR) is 126 cm³/mol. The van der Waals surface area contributed by atoms with E-state index in [4.69, 9.17) is 0 Å². The molecule has 1 heterocycles. The summed E-state index contributed by atoms with van der Waals surface area (Å²) in [5, 5.41) is 9.93. The van der Waals surface area contributed by atoms with Crippen LogP contribution in [-0.2, 0) is 18.4 Å². The summed E-state index contributed by atoms with van der Waals surface area (Å²) in [7, 11) is 0. The summed E-state index contributed by atoms with van der Waals surface area (Å²) in [5.41, 5.74) is -5.09. The van der Waals surface area contributed by atoms with Crippen molar-refractivity contribution in [3.8, 4) is 5.69 Å². The molecular formula is C27H20F6N2O2. The van der Waals surface area contributed by atoms with Crippen molar-refractivity contribution in [2.45, 2.75) is 30.8 Å². The number of nitrogens with zero attached hydrogens (tertiary/aromatic N) is 2. The lowest BCUT2D eigenvalue weighted by Gasteiger charge is -2.32. The van der Waals surface area contributed by atoms with Crippen molar-refractivity contribution in [1.82, 2.24) is 9.55 Å². The van der Waals surface area contributed by atoms with E-state index in [9.17, 15) is 36.2 Å². The number of hydrogen-bond donors (Lipinski definition) is 1. The molecule has 192 valence electrons. The second kappa shape index (κ2) is 9.51. The lowest BCUT2D eigenvalue weighted by atomic mass is 9.92. The summed E-state index contributed by atoms with van der Waals surface area (Å²) in [6, 6.07) is 16.9. The normalized spacial score (nSPS) is 12.6. The number of fused-ring (bicyclic) bond motifs is 1. The van der Waals surface area contributed by atoms with Crippen molar-refractivity contribution in [3.05, 3.63) is 118 Å². The van der Waals surface area contributed by atoms with Gasteiger partial charge in [-0.2, -0.15) is 26.3 Å². The maximum atomic E-state index is 13.6. The van der Waals surface area contributed by atoms with Crippen LogP contribution in [0.3, 0.4) is 0 Å². The van der Waals surface area contributed by atoms with Gasteiger partial charge in [0.15, 0.2) is 0 Å². The van der Waals surface area contributed by atoms with Gasteiger partial charge in [-0.25, -0.2) is 4.98 Å². The van der Waals surface area contributed by atoms with E-state index in [1.54, 1.807) is 54.6 Å². The van der Waals surface area contributed by atoms with E-state index in [1.165, 1.54) is 0 Å². The molecule has 0 fully saturated rings. The molecule has 0 atom stereocenters. The zero-order valence-electron chi connectivity index (χ0n) is 19.1. The van der Waals surface area contributed by atoms with Gasteiger partial charge in [-0.05, 0) is 41.8 Å². The third-order valence-corrected chi connectivity index (χ3v) is 5.95. The largest absolute Gasteiger partial charge is 0.430 e. The molecule has 4 aromatic rings. The van der Waals surface area contributed by atoms with Gasteiger partial charge in [-0.3, -0.25) is 9.36 Å². The van der Waals surface area contributed by atoms with E-state index in [0.717, 1.165) is 27.8 Å². The molecule has 0 radical (unpaired) electrons. The van der Waals surface area contributed by atoms with E-state index in [2.05, 4.69) is 11.6 Å². The number of benzene rings is 3. The van der Waals surface area contributed by atoms with Crippen LogP contribution in [0.2, 0.25) is 0 Å². The van der Waals surface area contributed by atoms with Gasteiger partial charge in [0.2, 0.25) is 0 Å². The van der Waals surface area contributed by atoms with E-state index in [-0.39, 0.29) is 23.3 Å². The minimum absolute atomic E-state index is 0.00472. The van der Waals surface area contributed by atoms with Gasteiger partial charge in [0.1, 0.15) is 5.82 Å². The van der Waals surface area contributed by atoms with Crippen LogP contribution in [0.4, 0.5) is 26.3 Å². The number of allylic oxidation sites excluding steroid dienone is 1. The number of rotatable bonds is 6. The summed E-state index contributed by atoms with van der Waals surface area (Å²) in [6.07, 6.45) is -9.75. The van der Waals surface area contributed by atoms with Crippen LogP contribution in [0.15, 0.2) is 90.2 Å². The fourth-order valence-corrected chi connectivity index (χ4v) is 4.08. The van der Waals surface area contributed by atoms with E-state index < -0.39 is 29.1 Å². The smallest absolute Gasteiger partial charge is 0.369 e. The monoisotopic (exact) mass is 518 g/mol. The van der Waals surface area contributed by atoms with E-state index in [0.29, 0.717) is 24.1 Å². The number of hydrogen-bond acceptors (Lipinski definition) is 3. The highest BCUT2D eigenvalue weighted by Crippen LogP contribution is 2.50. The first-order valence-electron chi connectivity index (χ1n) is 11.0. The Morgan fingerprint density at radius 3 is 2.05 bits per heavy atom. The molecule has 0 aliphatic rings. The third-order valence-electron chi connectivity index (χ3n) is 5.95. The van der Waals surface area contributed by atoms with Gasteiger partial charge in [-0.15, -0.1) is 6.58 Å². The molecule has 4 nitrogen and oxygen atoms in total. The zero-order chi connectivity index (χ0) is 27.0. The lowest BCUT2D eigenvalue weighted by molar-refractivity contribution is -0.376. The van der Waals surface area contributed by atoms with Gasteiger partial charge in [0.05, 0.1) is 16.6 Å². The molecule has 0 saturated carbocycles. The summed E-state index contributed by atoms with van der Waals surface area (Å²) in [6.45, 7) is 3.67. The average Bonchev–Trinajstić information content (AvgIpc) is 2.84. The Bertz CT molecular complexity index is 1480. The van der Waals surface area contributed by atoms with E-state index >= 15 is 0 Å². The predicted octanol–water partition coefficient (Wildman–Crippen LogP) is 6.02. The van der Waals surface area contributed by atoms with Gasteiger partial charge in [0.25, 0.3) is 11.2 Å². The van der Waals surface area contributed by atoms with Crippen LogP contribution in [0.5, 0.6) is 0 Å². The molecule has 0 spiro atoms. The van der Waals surface area contributed by atoms with Crippen molar-refractivity contribution in [2.75, 3.05) is 0 Å². The number of alkyl halides is 6. The standard InChI is InChI=1S/C27H20F6N2O2/c1-2-6-17-9-14-22-21(15-17)24(36)35(23(34-22)16-18-7-4-3-5-8-18)20-12-10-19(11-13-20)25(37,26(28,29)30)27(31,32)33/h2-5,7-15,37H,1,6,16H2. The Hall–Kier alpha value is -3.92. The molecule has 4 rings (SSSR count). The highest BCUT2D eigenvalue weighted by atomic mass is 19.4. The van der Waals surface area contributed by atoms with E-state index in [1.807, 2.05) is 0 Å².